The number of rotatable bonds is 3. The summed E-state index contributed by atoms with van der Waals surface area (Å²) in [5.41, 5.74) is 1.17. The van der Waals surface area contributed by atoms with Crippen molar-refractivity contribution in [2.45, 2.75) is 13.5 Å². The molecule has 0 radical (unpaired) electrons. The molecule has 1 aromatic carbocycles. The summed E-state index contributed by atoms with van der Waals surface area (Å²) in [6.45, 7) is 1.82. The van der Waals surface area contributed by atoms with E-state index in [1.807, 2.05) is 0 Å². The van der Waals surface area contributed by atoms with Gasteiger partial charge in [0.2, 0.25) is 5.95 Å². The number of amides is 1. The third kappa shape index (κ3) is 3.34. The van der Waals surface area contributed by atoms with Crippen molar-refractivity contribution in [3.63, 3.8) is 0 Å². The van der Waals surface area contributed by atoms with Crippen LogP contribution in [0.1, 0.15) is 21.6 Å². The molecule has 0 saturated heterocycles. The van der Waals surface area contributed by atoms with E-state index in [4.69, 9.17) is 0 Å². The van der Waals surface area contributed by atoms with Gasteiger partial charge in [0.15, 0.2) is 0 Å². The molecule has 5 heteroatoms. The van der Waals surface area contributed by atoms with Gasteiger partial charge >= 0.3 is 0 Å². The first-order valence-electron chi connectivity index (χ1n) is 5.72. The molecule has 0 unspecified atom stereocenters. The van der Waals surface area contributed by atoms with E-state index in [2.05, 4.69) is 10.3 Å². The predicted molar refractivity (Wildman–Crippen MR) is 66.5 cm³/mol. The zero-order valence-electron chi connectivity index (χ0n) is 10.3. The zero-order valence-corrected chi connectivity index (χ0v) is 10.3. The maximum Gasteiger partial charge on any atom is 0.270 e. The molecule has 0 bridgehead atoms. The van der Waals surface area contributed by atoms with Gasteiger partial charge in [-0.15, -0.1) is 0 Å². The van der Waals surface area contributed by atoms with Crippen molar-refractivity contribution in [3.8, 4) is 0 Å². The van der Waals surface area contributed by atoms with Gasteiger partial charge in [0, 0.05) is 6.54 Å². The van der Waals surface area contributed by atoms with Gasteiger partial charge in [-0.05, 0) is 36.2 Å². The minimum atomic E-state index is -0.714. The van der Waals surface area contributed by atoms with Crippen LogP contribution in [0.25, 0.3) is 0 Å². The minimum Gasteiger partial charge on any atom is -0.347 e. The lowest BCUT2D eigenvalue weighted by Crippen LogP contribution is -2.24. The summed E-state index contributed by atoms with van der Waals surface area (Å²) in [5.74, 6) is -1.54. The van der Waals surface area contributed by atoms with E-state index in [0.717, 1.165) is 6.07 Å². The minimum absolute atomic E-state index is 0.00687. The Morgan fingerprint density at radius 1 is 1.26 bits per heavy atom. The van der Waals surface area contributed by atoms with Crippen LogP contribution in [0.2, 0.25) is 0 Å². The van der Waals surface area contributed by atoms with Crippen molar-refractivity contribution in [3.05, 3.63) is 65.0 Å². The van der Waals surface area contributed by atoms with Crippen LogP contribution in [0.15, 0.2) is 36.4 Å². The monoisotopic (exact) mass is 262 g/mol. The number of benzene rings is 1. The molecule has 1 aromatic heterocycles. The Hall–Kier alpha value is -2.30. The highest BCUT2D eigenvalue weighted by atomic mass is 19.1. The molecule has 1 N–H and O–H groups in total. The molecule has 2 rings (SSSR count). The van der Waals surface area contributed by atoms with Gasteiger partial charge in [-0.25, -0.2) is 9.37 Å². The number of aromatic nitrogens is 1. The fourth-order valence-corrected chi connectivity index (χ4v) is 1.55. The van der Waals surface area contributed by atoms with Crippen LogP contribution in [0.4, 0.5) is 8.78 Å². The predicted octanol–water partition coefficient (Wildman–Crippen LogP) is 2.60. The van der Waals surface area contributed by atoms with Gasteiger partial charge < -0.3 is 5.32 Å². The standard InChI is InChI=1S/C14H12F2N2O/c1-9-5-6-10(7-11(9)15)8-17-14(19)12-3-2-4-13(16)18-12/h2-7H,8H2,1H3,(H,17,19). The Balaban J connectivity index is 2.02. The van der Waals surface area contributed by atoms with Crippen molar-refractivity contribution in [2.24, 2.45) is 0 Å². The van der Waals surface area contributed by atoms with Crippen LogP contribution in [0.5, 0.6) is 0 Å². The van der Waals surface area contributed by atoms with Crippen LogP contribution in [-0.2, 0) is 6.54 Å². The summed E-state index contributed by atoms with van der Waals surface area (Å²) in [6, 6.07) is 8.69. The van der Waals surface area contributed by atoms with Gasteiger partial charge in [-0.3, -0.25) is 4.79 Å². The van der Waals surface area contributed by atoms with E-state index in [0.29, 0.717) is 11.1 Å². The van der Waals surface area contributed by atoms with Crippen molar-refractivity contribution >= 4 is 5.91 Å². The largest absolute Gasteiger partial charge is 0.347 e. The van der Waals surface area contributed by atoms with E-state index in [1.165, 1.54) is 18.2 Å². The molecule has 2 aromatic rings. The third-order valence-corrected chi connectivity index (χ3v) is 2.64. The second-order valence-electron chi connectivity index (χ2n) is 4.11. The summed E-state index contributed by atoms with van der Waals surface area (Å²) < 4.78 is 26.2. The Labute approximate surface area is 109 Å². The van der Waals surface area contributed by atoms with E-state index in [-0.39, 0.29) is 18.1 Å². The molecule has 0 aliphatic heterocycles. The molecule has 1 heterocycles. The molecule has 3 nitrogen and oxygen atoms in total. The first-order valence-corrected chi connectivity index (χ1v) is 5.72. The quantitative estimate of drug-likeness (QED) is 0.864. The van der Waals surface area contributed by atoms with Crippen molar-refractivity contribution in [1.82, 2.24) is 10.3 Å². The van der Waals surface area contributed by atoms with Crippen LogP contribution in [0.3, 0.4) is 0 Å². The van der Waals surface area contributed by atoms with Crippen LogP contribution >= 0.6 is 0 Å². The second-order valence-corrected chi connectivity index (χ2v) is 4.11. The normalized spacial score (nSPS) is 10.3. The molecule has 0 aliphatic carbocycles. The lowest BCUT2D eigenvalue weighted by Gasteiger charge is -2.06. The Bertz CT molecular complexity index is 614. The van der Waals surface area contributed by atoms with E-state index in [1.54, 1.807) is 19.1 Å². The zero-order chi connectivity index (χ0) is 13.8. The van der Waals surface area contributed by atoms with Gasteiger partial charge in [0.25, 0.3) is 5.91 Å². The number of hydrogen-bond donors (Lipinski definition) is 1. The SMILES string of the molecule is Cc1ccc(CNC(=O)c2cccc(F)n2)cc1F. The summed E-state index contributed by atoms with van der Waals surface area (Å²) in [6.07, 6.45) is 0. The molecule has 0 aliphatic rings. The number of aryl methyl sites for hydroxylation is 1. The maximum absolute atomic E-state index is 13.3. The average Bonchev–Trinajstić information content (AvgIpc) is 2.40. The molecule has 98 valence electrons. The smallest absolute Gasteiger partial charge is 0.270 e. The number of pyridine rings is 1. The average molecular weight is 262 g/mol. The summed E-state index contributed by atoms with van der Waals surface area (Å²) in [7, 11) is 0. The Morgan fingerprint density at radius 3 is 2.74 bits per heavy atom. The Kier molecular flexibility index (Phi) is 3.85. The molecule has 1 amide bonds. The number of nitrogens with one attached hydrogen (secondary N) is 1. The highest BCUT2D eigenvalue weighted by Crippen LogP contribution is 2.09. The fraction of sp³-hybridized carbons (Fsp3) is 0.143. The molecule has 0 saturated carbocycles. The topological polar surface area (TPSA) is 42.0 Å². The molecule has 0 atom stereocenters. The van der Waals surface area contributed by atoms with E-state index >= 15 is 0 Å². The van der Waals surface area contributed by atoms with Crippen molar-refractivity contribution in [1.29, 1.82) is 0 Å². The van der Waals surface area contributed by atoms with Crippen molar-refractivity contribution in [2.75, 3.05) is 0 Å². The summed E-state index contributed by atoms with van der Waals surface area (Å²) in [4.78, 5) is 15.2. The lowest BCUT2D eigenvalue weighted by atomic mass is 10.1. The number of nitrogens with zero attached hydrogens (tertiary/aromatic N) is 1. The van der Waals surface area contributed by atoms with Gasteiger partial charge in [0.1, 0.15) is 11.5 Å². The van der Waals surface area contributed by atoms with Gasteiger partial charge in [-0.2, -0.15) is 4.39 Å². The Morgan fingerprint density at radius 2 is 2.05 bits per heavy atom. The molecule has 19 heavy (non-hydrogen) atoms. The van der Waals surface area contributed by atoms with Crippen LogP contribution in [-0.4, -0.2) is 10.9 Å². The third-order valence-electron chi connectivity index (χ3n) is 2.64. The fourth-order valence-electron chi connectivity index (χ4n) is 1.55. The first-order chi connectivity index (χ1) is 9.06. The molecular formula is C14H12F2N2O. The molecular weight excluding hydrogens is 250 g/mol. The van der Waals surface area contributed by atoms with E-state index < -0.39 is 11.9 Å². The summed E-state index contributed by atoms with van der Waals surface area (Å²) in [5, 5.41) is 2.55. The summed E-state index contributed by atoms with van der Waals surface area (Å²) >= 11 is 0. The number of carbonyl (C=O) groups is 1. The highest BCUT2D eigenvalue weighted by molar-refractivity contribution is 5.92. The van der Waals surface area contributed by atoms with E-state index in [9.17, 15) is 13.6 Å². The number of halogens is 2. The molecule has 0 spiro atoms. The van der Waals surface area contributed by atoms with Crippen molar-refractivity contribution < 1.29 is 13.6 Å². The van der Waals surface area contributed by atoms with Crippen LogP contribution < -0.4 is 5.32 Å². The number of carbonyl (C=O) groups excluding carboxylic acids is 1. The lowest BCUT2D eigenvalue weighted by molar-refractivity contribution is 0.0944. The second kappa shape index (κ2) is 5.56. The van der Waals surface area contributed by atoms with Gasteiger partial charge in [-0.1, -0.05) is 18.2 Å². The first kappa shape index (κ1) is 13.1. The van der Waals surface area contributed by atoms with Crippen LogP contribution in [0, 0.1) is 18.7 Å². The highest BCUT2D eigenvalue weighted by Gasteiger charge is 2.08. The van der Waals surface area contributed by atoms with Gasteiger partial charge in [0.05, 0.1) is 0 Å². The maximum atomic E-state index is 13.3. The number of hydrogen-bond acceptors (Lipinski definition) is 2. The molecule has 0 fully saturated rings.